The summed E-state index contributed by atoms with van der Waals surface area (Å²) in [5, 5.41) is 24.6. The third-order valence-electron chi connectivity index (χ3n) is 5.30. The van der Waals surface area contributed by atoms with Crippen LogP contribution in [0.5, 0.6) is 0 Å². The molecule has 2 aromatic rings. The monoisotopic (exact) mass is 441 g/mol. The minimum absolute atomic E-state index is 0.0237. The van der Waals surface area contributed by atoms with Gasteiger partial charge < -0.3 is 15.7 Å². The molecule has 2 rings (SSSR count). The van der Waals surface area contributed by atoms with Crippen LogP contribution in [-0.4, -0.2) is 47.2 Å². The molecule has 3 atom stereocenters. The van der Waals surface area contributed by atoms with Crippen molar-refractivity contribution < 1.29 is 24.7 Å². The van der Waals surface area contributed by atoms with Gasteiger partial charge in [-0.25, -0.2) is 5.48 Å². The van der Waals surface area contributed by atoms with Crippen LogP contribution in [0.2, 0.25) is 0 Å². The number of hydrogen-bond acceptors (Lipinski definition) is 5. The summed E-state index contributed by atoms with van der Waals surface area (Å²) in [5.74, 6) is -3.83. The van der Waals surface area contributed by atoms with Crippen LogP contribution in [0.15, 0.2) is 60.7 Å². The Hall–Kier alpha value is -3.23. The molecule has 0 fully saturated rings. The Labute approximate surface area is 188 Å². The molecule has 0 heterocycles. The highest BCUT2D eigenvalue weighted by Crippen LogP contribution is 2.29. The van der Waals surface area contributed by atoms with Gasteiger partial charge in [-0.2, -0.15) is 0 Å². The fourth-order valence-electron chi connectivity index (χ4n) is 3.75. The first-order valence-corrected chi connectivity index (χ1v) is 10.5. The molecule has 0 aliphatic rings. The molecular weight excluding hydrogens is 410 g/mol. The van der Waals surface area contributed by atoms with Crippen LogP contribution in [0.4, 0.5) is 0 Å². The molecule has 0 aliphatic carbocycles. The molecule has 3 amide bonds. The third-order valence-corrected chi connectivity index (χ3v) is 5.30. The van der Waals surface area contributed by atoms with Crippen LogP contribution in [-0.2, 0) is 14.4 Å². The zero-order valence-electron chi connectivity index (χ0n) is 18.5. The number of benzene rings is 2. The first kappa shape index (κ1) is 25.0. The maximum atomic E-state index is 13.2. The third kappa shape index (κ3) is 6.38. The lowest BCUT2D eigenvalue weighted by Gasteiger charge is -2.30. The number of carbonyl (C=O) groups is 3. The second kappa shape index (κ2) is 12.0. The Morgan fingerprint density at radius 1 is 0.844 bits per heavy atom. The molecule has 1 unspecified atom stereocenters. The van der Waals surface area contributed by atoms with Gasteiger partial charge in [0.05, 0.1) is 5.92 Å². The van der Waals surface area contributed by atoms with Gasteiger partial charge in [-0.15, -0.1) is 0 Å². The highest BCUT2D eigenvalue weighted by atomic mass is 16.5. The van der Waals surface area contributed by atoms with E-state index >= 15 is 0 Å². The molecule has 172 valence electrons. The van der Waals surface area contributed by atoms with Crippen LogP contribution in [0, 0.1) is 11.8 Å². The van der Waals surface area contributed by atoms with Crippen molar-refractivity contribution in [2.45, 2.75) is 38.3 Å². The summed E-state index contributed by atoms with van der Waals surface area (Å²) in [6, 6.07) is 17.6. The van der Waals surface area contributed by atoms with Gasteiger partial charge in [-0.3, -0.25) is 19.6 Å². The number of nitrogens with one attached hydrogen (secondary N) is 3. The van der Waals surface area contributed by atoms with Crippen LogP contribution in [0.1, 0.15) is 37.3 Å². The van der Waals surface area contributed by atoms with Gasteiger partial charge in [0.2, 0.25) is 11.8 Å². The predicted octanol–water partition coefficient (Wildman–Crippen LogP) is 1.58. The van der Waals surface area contributed by atoms with Gasteiger partial charge >= 0.3 is 0 Å². The van der Waals surface area contributed by atoms with E-state index in [1.54, 1.807) is 0 Å². The molecule has 8 heteroatoms. The lowest BCUT2D eigenvalue weighted by Crippen LogP contribution is -2.54. The lowest BCUT2D eigenvalue weighted by molar-refractivity contribution is -0.147. The number of carbonyl (C=O) groups excluding carboxylic acids is 3. The smallest absolute Gasteiger partial charge is 0.272 e. The van der Waals surface area contributed by atoms with Gasteiger partial charge in [0.25, 0.3) is 5.91 Å². The van der Waals surface area contributed by atoms with E-state index in [9.17, 15) is 19.5 Å². The summed E-state index contributed by atoms with van der Waals surface area (Å²) in [5.41, 5.74) is 3.03. The van der Waals surface area contributed by atoms with Crippen molar-refractivity contribution in [2.75, 3.05) is 7.05 Å². The van der Waals surface area contributed by atoms with E-state index in [4.69, 9.17) is 5.21 Å². The van der Waals surface area contributed by atoms with Crippen LogP contribution < -0.4 is 16.1 Å². The molecule has 0 saturated heterocycles. The van der Waals surface area contributed by atoms with E-state index < -0.39 is 41.7 Å². The predicted molar refractivity (Wildman–Crippen MR) is 120 cm³/mol. The molecule has 0 aliphatic heterocycles. The highest BCUT2D eigenvalue weighted by molar-refractivity contribution is 5.93. The second-order valence-electron chi connectivity index (χ2n) is 8.06. The number of rotatable bonds is 10. The first-order chi connectivity index (χ1) is 15.3. The summed E-state index contributed by atoms with van der Waals surface area (Å²) < 4.78 is 0. The SMILES string of the molecule is CNC(=O)C(NC(=O)[C@H](CC(C)C)[C@H](O)C(=O)NO)C(c1ccccc1)c1ccccc1. The van der Waals surface area contributed by atoms with E-state index in [1.165, 1.54) is 12.5 Å². The number of aliphatic hydroxyl groups is 1. The van der Waals surface area contributed by atoms with Gasteiger partial charge in [0.1, 0.15) is 12.1 Å². The molecule has 0 bridgehead atoms. The van der Waals surface area contributed by atoms with Crippen molar-refractivity contribution in [3.05, 3.63) is 71.8 Å². The molecule has 0 aromatic heterocycles. The largest absolute Gasteiger partial charge is 0.382 e. The summed E-state index contributed by atoms with van der Waals surface area (Å²) in [6.07, 6.45) is -1.58. The van der Waals surface area contributed by atoms with Crippen molar-refractivity contribution >= 4 is 17.7 Å². The summed E-state index contributed by atoms with van der Waals surface area (Å²) in [7, 11) is 1.48. The molecule has 0 spiro atoms. The van der Waals surface area contributed by atoms with Crippen molar-refractivity contribution in [1.82, 2.24) is 16.1 Å². The van der Waals surface area contributed by atoms with E-state index in [0.29, 0.717) is 0 Å². The van der Waals surface area contributed by atoms with Crippen LogP contribution >= 0.6 is 0 Å². The molecule has 0 radical (unpaired) electrons. The Morgan fingerprint density at radius 3 is 1.75 bits per heavy atom. The van der Waals surface area contributed by atoms with Gasteiger partial charge in [0, 0.05) is 13.0 Å². The quantitative estimate of drug-likeness (QED) is 0.283. The number of amides is 3. The zero-order chi connectivity index (χ0) is 23.7. The fraction of sp³-hybridized carbons (Fsp3) is 0.375. The fourth-order valence-corrected chi connectivity index (χ4v) is 3.75. The van der Waals surface area contributed by atoms with Crippen molar-refractivity contribution in [2.24, 2.45) is 11.8 Å². The topological polar surface area (TPSA) is 128 Å². The average Bonchev–Trinajstić information content (AvgIpc) is 2.81. The number of likely N-dealkylation sites (N-methyl/N-ethyl adjacent to an activating group) is 1. The molecule has 2 aromatic carbocycles. The van der Waals surface area contributed by atoms with Gasteiger partial charge in [-0.1, -0.05) is 74.5 Å². The maximum Gasteiger partial charge on any atom is 0.272 e. The molecule has 8 nitrogen and oxygen atoms in total. The Bertz CT molecular complexity index is 850. The average molecular weight is 442 g/mol. The van der Waals surface area contributed by atoms with E-state index in [2.05, 4.69) is 10.6 Å². The highest BCUT2D eigenvalue weighted by Gasteiger charge is 2.37. The van der Waals surface area contributed by atoms with Crippen molar-refractivity contribution in [1.29, 1.82) is 0 Å². The molecule has 32 heavy (non-hydrogen) atoms. The normalized spacial score (nSPS) is 13.8. The summed E-state index contributed by atoms with van der Waals surface area (Å²) >= 11 is 0. The summed E-state index contributed by atoms with van der Waals surface area (Å²) in [4.78, 5) is 38.0. The second-order valence-corrected chi connectivity index (χ2v) is 8.06. The molecule has 5 N–H and O–H groups in total. The van der Waals surface area contributed by atoms with Crippen LogP contribution in [0.25, 0.3) is 0 Å². The number of hydrogen-bond donors (Lipinski definition) is 5. The Morgan fingerprint density at radius 2 is 1.34 bits per heavy atom. The summed E-state index contributed by atoms with van der Waals surface area (Å²) in [6.45, 7) is 3.69. The minimum Gasteiger partial charge on any atom is -0.382 e. The standard InChI is InChI=1S/C24H31N3O5/c1-15(2)14-18(21(28)24(31)27-32)22(29)26-20(23(30)25-3)19(16-10-6-4-7-11-16)17-12-8-5-9-13-17/h4-13,15,18-21,28,32H,14H2,1-3H3,(H,25,30)(H,26,29)(H,27,31)/t18-,20?,21+/m1/s1. The molecular formula is C24H31N3O5. The number of aliphatic hydroxyl groups excluding tert-OH is 1. The molecule has 0 saturated carbocycles. The number of hydroxylamine groups is 1. The minimum atomic E-state index is -1.76. The maximum absolute atomic E-state index is 13.2. The zero-order valence-corrected chi connectivity index (χ0v) is 18.5. The van der Waals surface area contributed by atoms with E-state index in [-0.39, 0.29) is 12.3 Å². The van der Waals surface area contributed by atoms with Crippen molar-refractivity contribution in [3.8, 4) is 0 Å². The van der Waals surface area contributed by atoms with Crippen molar-refractivity contribution in [3.63, 3.8) is 0 Å². The Kier molecular flexibility index (Phi) is 9.37. The van der Waals surface area contributed by atoms with Gasteiger partial charge in [0.15, 0.2) is 0 Å². The van der Waals surface area contributed by atoms with Crippen LogP contribution in [0.3, 0.4) is 0 Å². The van der Waals surface area contributed by atoms with Gasteiger partial charge in [-0.05, 0) is 23.5 Å². The lowest BCUT2D eigenvalue weighted by atomic mass is 9.83. The first-order valence-electron chi connectivity index (χ1n) is 10.5. The van der Waals surface area contributed by atoms with E-state index in [1.807, 2.05) is 74.5 Å². The van der Waals surface area contributed by atoms with E-state index in [0.717, 1.165) is 11.1 Å². The Balaban J connectivity index is 2.47.